The van der Waals surface area contributed by atoms with Crippen LogP contribution < -0.4 is 5.32 Å². The summed E-state index contributed by atoms with van der Waals surface area (Å²) in [6.45, 7) is 2.05. The predicted octanol–water partition coefficient (Wildman–Crippen LogP) is 3.34. The maximum Gasteiger partial charge on any atom is 0.244 e. The van der Waals surface area contributed by atoms with Crippen molar-refractivity contribution in [2.75, 3.05) is 0 Å². The van der Waals surface area contributed by atoms with Crippen molar-refractivity contribution >= 4 is 12.0 Å². The van der Waals surface area contributed by atoms with Crippen LogP contribution in [0.25, 0.3) is 6.08 Å². The first-order chi connectivity index (χ1) is 12.8. The Morgan fingerprint density at radius 3 is 2.81 bits per heavy atom. The highest BCUT2D eigenvalue weighted by Gasteiger charge is 2.21. The molecule has 1 N–H and O–H groups in total. The van der Waals surface area contributed by atoms with Crippen LogP contribution in [0.3, 0.4) is 0 Å². The van der Waals surface area contributed by atoms with E-state index in [1.165, 1.54) is 6.08 Å². The summed E-state index contributed by atoms with van der Waals surface area (Å²) in [6.07, 6.45) is 8.19. The molecule has 6 nitrogen and oxygen atoms in total. The smallest absolute Gasteiger partial charge is 0.244 e. The maximum absolute atomic E-state index is 12.4. The van der Waals surface area contributed by atoms with Gasteiger partial charge < -0.3 is 9.84 Å². The number of hydrogen-bond acceptors (Lipinski definition) is 5. The minimum absolute atomic E-state index is 0.246. The van der Waals surface area contributed by atoms with E-state index in [1.807, 2.05) is 49.4 Å². The van der Waals surface area contributed by atoms with Crippen LogP contribution in [-0.2, 0) is 11.2 Å². The number of nitrogens with one attached hydrogen (secondary N) is 1. The van der Waals surface area contributed by atoms with Crippen molar-refractivity contribution < 1.29 is 9.32 Å². The summed E-state index contributed by atoms with van der Waals surface area (Å²) in [6, 6.07) is 12.8. The molecule has 1 atom stereocenters. The maximum atomic E-state index is 12.4. The summed E-state index contributed by atoms with van der Waals surface area (Å²) in [7, 11) is 0. The van der Waals surface area contributed by atoms with Crippen molar-refractivity contribution in [1.82, 2.24) is 20.4 Å². The van der Waals surface area contributed by atoms with Gasteiger partial charge in [-0.15, -0.1) is 0 Å². The lowest BCUT2D eigenvalue weighted by Gasteiger charge is -2.14. The fourth-order valence-electron chi connectivity index (χ4n) is 2.48. The van der Waals surface area contributed by atoms with Crippen molar-refractivity contribution in [2.24, 2.45) is 0 Å². The van der Waals surface area contributed by atoms with E-state index in [0.717, 1.165) is 17.5 Å². The number of carbonyl (C=O) groups excluding carboxylic acids is 1. The first kappa shape index (κ1) is 17.5. The summed E-state index contributed by atoms with van der Waals surface area (Å²) >= 11 is 0. The van der Waals surface area contributed by atoms with Crippen LogP contribution in [0.2, 0.25) is 0 Å². The van der Waals surface area contributed by atoms with Crippen molar-refractivity contribution in [3.8, 4) is 0 Å². The van der Waals surface area contributed by atoms with Gasteiger partial charge in [-0.1, -0.05) is 48.5 Å². The molecule has 6 heteroatoms. The van der Waals surface area contributed by atoms with Crippen LogP contribution in [0.5, 0.6) is 0 Å². The van der Waals surface area contributed by atoms with Crippen molar-refractivity contribution in [3.63, 3.8) is 0 Å². The van der Waals surface area contributed by atoms with Crippen LogP contribution in [0, 0.1) is 0 Å². The third-order valence-corrected chi connectivity index (χ3v) is 3.74. The second-order valence-electron chi connectivity index (χ2n) is 5.77. The van der Waals surface area contributed by atoms with Crippen molar-refractivity contribution in [3.05, 3.63) is 83.8 Å². The fourth-order valence-corrected chi connectivity index (χ4v) is 2.48. The summed E-state index contributed by atoms with van der Waals surface area (Å²) < 4.78 is 5.28. The van der Waals surface area contributed by atoms with Gasteiger partial charge in [0, 0.05) is 24.9 Å². The van der Waals surface area contributed by atoms with Gasteiger partial charge in [0.1, 0.15) is 6.04 Å². The Labute approximate surface area is 152 Å². The van der Waals surface area contributed by atoms with Crippen LogP contribution in [-0.4, -0.2) is 21.0 Å². The molecule has 0 aliphatic carbocycles. The quantitative estimate of drug-likeness (QED) is 0.662. The van der Waals surface area contributed by atoms with Gasteiger partial charge in [0.15, 0.2) is 5.82 Å². The van der Waals surface area contributed by atoms with Gasteiger partial charge in [-0.2, -0.15) is 4.98 Å². The van der Waals surface area contributed by atoms with Crippen molar-refractivity contribution in [2.45, 2.75) is 25.8 Å². The normalized spacial score (nSPS) is 12.2. The van der Waals surface area contributed by atoms with Gasteiger partial charge in [0.05, 0.1) is 0 Å². The molecule has 2 heterocycles. The van der Waals surface area contributed by atoms with E-state index in [0.29, 0.717) is 18.1 Å². The molecule has 0 saturated carbocycles. The number of amides is 1. The largest absolute Gasteiger partial charge is 0.339 e. The lowest BCUT2D eigenvalue weighted by Crippen LogP contribution is -2.28. The zero-order chi connectivity index (χ0) is 18.2. The molecule has 0 bridgehead atoms. The number of benzene rings is 1. The van der Waals surface area contributed by atoms with Gasteiger partial charge in [-0.3, -0.25) is 9.78 Å². The highest BCUT2D eigenvalue weighted by atomic mass is 16.5. The Hall–Kier alpha value is -3.28. The summed E-state index contributed by atoms with van der Waals surface area (Å²) in [5.41, 5.74) is 1.74. The number of nitrogens with zero attached hydrogens (tertiary/aromatic N) is 3. The zero-order valence-electron chi connectivity index (χ0n) is 14.5. The van der Waals surface area contributed by atoms with Gasteiger partial charge in [-0.05, 0) is 29.7 Å². The Bertz CT molecular complexity index is 860. The van der Waals surface area contributed by atoms with Gasteiger partial charge >= 0.3 is 0 Å². The lowest BCUT2D eigenvalue weighted by molar-refractivity contribution is -0.117. The Balaban J connectivity index is 1.79. The monoisotopic (exact) mass is 348 g/mol. The Kier molecular flexibility index (Phi) is 5.88. The van der Waals surface area contributed by atoms with Gasteiger partial charge in [0.25, 0.3) is 0 Å². The first-order valence-corrected chi connectivity index (χ1v) is 8.52. The summed E-state index contributed by atoms with van der Waals surface area (Å²) in [5.74, 6) is 0.774. The molecule has 26 heavy (non-hydrogen) atoms. The molecule has 132 valence electrons. The van der Waals surface area contributed by atoms with E-state index in [9.17, 15) is 4.79 Å². The molecule has 3 rings (SSSR count). The van der Waals surface area contributed by atoms with E-state index >= 15 is 0 Å². The zero-order valence-corrected chi connectivity index (χ0v) is 14.5. The van der Waals surface area contributed by atoms with E-state index in [2.05, 4.69) is 20.4 Å². The molecular formula is C20H20N4O2. The minimum Gasteiger partial charge on any atom is -0.339 e. The molecule has 0 fully saturated rings. The SMILES string of the molecule is CCCc1nc([C@H](NC(=O)/C=C\c2cccnc2)c2ccccc2)no1. The van der Waals surface area contributed by atoms with E-state index in [-0.39, 0.29) is 5.91 Å². The van der Waals surface area contributed by atoms with Crippen LogP contribution in [0.15, 0.2) is 65.5 Å². The molecule has 3 aromatic rings. The first-order valence-electron chi connectivity index (χ1n) is 8.52. The van der Waals surface area contributed by atoms with Crippen LogP contribution >= 0.6 is 0 Å². The van der Waals surface area contributed by atoms with Crippen LogP contribution in [0.4, 0.5) is 0 Å². The fraction of sp³-hybridized carbons (Fsp3) is 0.200. The molecule has 0 saturated heterocycles. The molecule has 0 aliphatic heterocycles. The van der Waals surface area contributed by atoms with Gasteiger partial charge in [-0.25, -0.2) is 0 Å². The number of hydrogen-bond donors (Lipinski definition) is 1. The summed E-state index contributed by atoms with van der Waals surface area (Å²) in [5, 5.41) is 6.99. The topological polar surface area (TPSA) is 80.9 Å². The van der Waals surface area contributed by atoms with Crippen LogP contribution in [0.1, 0.15) is 42.2 Å². The molecule has 1 aromatic carbocycles. The second-order valence-corrected chi connectivity index (χ2v) is 5.77. The average Bonchev–Trinajstić information content (AvgIpc) is 3.14. The minimum atomic E-state index is -0.475. The molecule has 1 amide bonds. The standard InChI is InChI=1S/C20H20N4O2/c1-2-7-18-23-20(24-26-18)19(16-9-4-3-5-10-16)22-17(25)12-11-15-8-6-13-21-14-15/h3-6,8-14,19H,2,7H2,1H3,(H,22,25)/b12-11-/t19-/m1/s1. The van der Waals surface area contributed by atoms with E-state index in [4.69, 9.17) is 4.52 Å². The third-order valence-electron chi connectivity index (χ3n) is 3.74. The molecule has 0 unspecified atom stereocenters. The van der Waals surface area contributed by atoms with Crippen molar-refractivity contribution in [1.29, 1.82) is 0 Å². The molecule has 2 aromatic heterocycles. The molecule has 0 radical (unpaired) electrons. The average molecular weight is 348 g/mol. The number of rotatable bonds is 7. The number of aryl methyl sites for hydroxylation is 1. The summed E-state index contributed by atoms with van der Waals surface area (Å²) in [4.78, 5) is 20.8. The third kappa shape index (κ3) is 4.63. The second kappa shape index (κ2) is 8.71. The molecular weight excluding hydrogens is 328 g/mol. The highest BCUT2D eigenvalue weighted by molar-refractivity contribution is 5.92. The number of pyridine rings is 1. The van der Waals surface area contributed by atoms with Gasteiger partial charge in [0.2, 0.25) is 11.8 Å². The molecule has 0 spiro atoms. The Morgan fingerprint density at radius 1 is 1.23 bits per heavy atom. The molecule has 0 aliphatic rings. The van der Waals surface area contributed by atoms with E-state index in [1.54, 1.807) is 18.5 Å². The van der Waals surface area contributed by atoms with E-state index < -0.39 is 6.04 Å². The predicted molar refractivity (Wildman–Crippen MR) is 98.0 cm³/mol. The number of carbonyl (C=O) groups is 1. The lowest BCUT2D eigenvalue weighted by atomic mass is 10.1. The Morgan fingerprint density at radius 2 is 2.08 bits per heavy atom. The highest BCUT2D eigenvalue weighted by Crippen LogP contribution is 2.20. The number of aromatic nitrogens is 3.